The first-order valence-corrected chi connectivity index (χ1v) is 7.76. The Bertz CT molecular complexity index is 568. The predicted octanol–water partition coefficient (Wildman–Crippen LogP) is 2.22. The molecule has 21 heavy (non-hydrogen) atoms. The molecule has 0 radical (unpaired) electrons. The Morgan fingerprint density at radius 3 is 2.76 bits per heavy atom. The molecular weight excluding hydrogens is 264 g/mol. The molecular formula is C17H22N2O2. The summed E-state index contributed by atoms with van der Waals surface area (Å²) in [6.07, 6.45) is 2.38. The van der Waals surface area contributed by atoms with Crippen molar-refractivity contribution in [1.29, 1.82) is 0 Å². The monoisotopic (exact) mass is 286 g/mol. The van der Waals surface area contributed by atoms with Crippen molar-refractivity contribution in [3.63, 3.8) is 0 Å². The second-order valence-corrected chi connectivity index (χ2v) is 6.26. The average molecular weight is 286 g/mol. The molecule has 0 unspecified atom stereocenters. The molecule has 1 aromatic rings. The van der Waals surface area contributed by atoms with Gasteiger partial charge in [-0.3, -0.25) is 9.59 Å². The maximum atomic E-state index is 12.8. The Balaban J connectivity index is 1.80. The number of amides is 2. The summed E-state index contributed by atoms with van der Waals surface area (Å²) in [5, 5.41) is 0. The third kappa shape index (κ3) is 2.55. The fourth-order valence-corrected chi connectivity index (χ4v) is 3.38. The third-order valence-corrected chi connectivity index (χ3v) is 4.51. The van der Waals surface area contributed by atoms with E-state index in [0.717, 1.165) is 25.1 Å². The van der Waals surface area contributed by atoms with E-state index in [1.165, 1.54) is 5.56 Å². The first-order valence-electron chi connectivity index (χ1n) is 7.76. The zero-order chi connectivity index (χ0) is 15.0. The number of anilines is 1. The minimum Gasteiger partial charge on any atom is -0.339 e. The second-order valence-electron chi connectivity index (χ2n) is 6.26. The maximum absolute atomic E-state index is 12.8. The molecule has 0 bridgehead atoms. The van der Waals surface area contributed by atoms with Crippen molar-refractivity contribution in [3.05, 3.63) is 29.8 Å². The van der Waals surface area contributed by atoms with E-state index in [1.807, 2.05) is 41.8 Å². The summed E-state index contributed by atoms with van der Waals surface area (Å²) in [6.45, 7) is 5.33. The molecule has 0 aliphatic carbocycles. The molecule has 2 aliphatic rings. The number of carbonyl (C=O) groups excluding carboxylic acids is 2. The Kier molecular flexibility index (Phi) is 3.70. The van der Waals surface area contributed by atoms with Gasteiger partial charge in [0, 0.05) is 31.2 Å². The molecule has 112 valence electrons. The number of nitrogens with zero attached hydrogens (tertiary/aromatic N) is 2. The molecule has 0 aromatic heterocycles. The molecule has 3 rings (SSSR count). The second kappa shape index (κ2) is 5.51. The number of aryl methyl sites for hydroxylation is 1. The number of carbonyl (C=O) groups is 2. The van der Waals surface area contributed by atoms with Crippen LogP contribution >= 0.6 is 0 Å². The van der Waals surface area contributed by atoms with Gasteiger partial charge in [-0.25, -0.2) is 0 Å². The van der Waals surface area contributed by atoms with Crippen LogP contribution < -0.4 is 4.90 Å². The van der Waals surface area contributed by atoms with Crippen molar-refractivity contribution < 1.29 is 9.59 Å². The van der Waals surface area contributed by atoms with Crippen LogP contribution in [0, 0.1) is 5.92 Å². The van der Waals surface area contributed by atoms with E-state index in [4.69, 9.17) is 0 Å². The quantitative estimate of drug-likeness (QED) is 0.836. The number of hydrogen-bond acceptors (Lipinski definition) is 2. The number of hydrogen-bond donors (Lipinski definition) is 0. The average Bonchev–Trinajstić information content (AvgIpc) is 2.88. The molecule has 2 aliphatic heterocycles. The molecule has 1 saturated heterocycles. The van der Waals surface area contributed by atoms with Gasteiger partial charge in [-0.05, 0) is 38.3 Å². The smallest absolute Gasteiger partial charge is 0.232 e. The minimum absolute atomic E-state index is 0.105. The standard InChI is InChI=1S/C17H22N2O2/c1-12(2)19-11-14(10-16(19)20)17(21)18-9-5-7-13-6-3-4-8-15(13)18/h3-4,6,8,12,14H,5,7,9-11H2,1-2H3/t14-/m1/s1. The van der Waals surface area contributed by atoms with Crippen molar-refractivity contribution in [3.8, 4) is 0 Å². The fraction of sp³-hybridized carbons (Fsp3) is 0.529. The van der Waals surface area contributed by atoms with Gasteiger partial charge >= 0.3 is 0 Å². The van der Waals surface area contributed by atoms with E-state index in [1.54, 1.807) is 0 Å². The zero-order valence-electron chi connectivity index (χ0n) is 12.7. The molecule has 0 saturated carbocycles. The minimum atomic E-state index is -0.189. The van der Waals surface area contributed by atoms with Gasteiger partial charge in [0.15, 0.2) is 0 Å². The van der Waals surface area contributed by atoms with Crippen molar-refractivity contribution in [2.24, 2.45) is 5.92 Å². The summed E-state index contributed by atoms with van der Waals surface area (Å²) in [5.74, 6) is 0.0263. The first kappa shape index (κ1) is 14.1. The number of fused-ring (bicyclic) bond motifs is 1. The maximum Gasteiger partial charge on any atom is 0.232 e. The highest BCUT2D eigenvalue weighted by Crippen LogP contribution is 2.30. The van der Waals surface area contributed by atoms with Crippen LogP contribution in [-0.2, 0) is 16.0 Å². The predicted molar refractivity (Wildman–Crippen MR) is 82.1 cm³/mol. The highest BCUT2D eigenvalue weighted by atomic mass is 16.2. The van der Waals surface area contributed by atoms with Crippen molar-refractivity contribution in [1.82, 2.24) is 4.90 Å². The largest absolute Gasteiger partial charge is 0.339 e. The lowest BCUT2D eigenvalue weighted by Crippen LogP contribution is -2.41. The van der Waals surface area contributed by atoms with Crippen LogP contribution in [0.3, 0.4) is 0 Å². The van der Waals surface area contributed by atoms with E-state index in [9.17, 15) is 9.59 Å². The van der Waals surface area contributed by atoms with Crippen molar-refractivity contribution in [2.75, 3.05) is 18.0 Å². The van der Waals surface area contributed by atoms with Crippen LogP contribution in [0.1, 0.15) is 32.3 Å². The Labute approximate surface area is 125 Å². The highest BCUT2D eigenvalue weighted by Gasteiger charge is 2.38. The molecule has 2 heterocycles. The van der Waals surface area contributed by atoms with Crippen LogP contribution in [0.5, 0.6) is 0 Å². The van der Waals surface area contributed by atoms with Gasteiger partial charge in [-0.1, -0.05) is 18.2 Å². The summed E-state index contributed by atoms with van der Waals surface area (Å²) in [4.78, 5) is 28.5. The molecule has 1 aromatic carbocycles. The van der Waals surface area contributed by atoms with Gasteiger partial charge in [0.2, 0.25) is 11.8 Å². The Morgan fingerprint density at radius 2 is 2.05 bits per heavy atom. The SMILES string of the molecule is CC(C)N1C[C@H](C(=O)N2CCCc3ccccc32)CC1=O. The van der Waals surface area contributed by atoms with Crippen LogP contribution in [-0.4, -0.2) is 35.8 Å². The molecule has 1 atom stereocenters. The van der Waals surface area contributed by atoms with Gasteiger partial charge < -0.3 is 9.80 Å². The van der Waals surface area contributed by atoms with Gasteiger partial charge in [0.1, 0.15) is 0 Å². The molecule has 0 spiro atoms. The molecule has 0 N–H and O–H groups in total. The first-order chi connectivity index (χ1) is 10.1. The number of likely N-dealkylation sites (tertiary alicyclic amines) is 1. The van der Waals surface area contributed by atoms with E-state index in [-0.39, 0.29) is 23.8 Å². The summed E-state index contributed by atoms with van der Waals surface area (Å²) in [5.41, 5.74) is 2.27. The lowest BCUT2D eigenvalue weighted by molar-refractivity contribution is -0.129. The topological polar surface area (TPSA) is 40.6 Å². The lowest BCUT2D eigenvalue weighted by atomic mass is 9.99. The molecule has 2 amide bonds. The normalized spacial score (nSPS) is 21.9. The van der Waals surface area contributed by atoms with E-state index >= 15 is 0 Å². The summed E-state index contributed by atoms with van der Waals surface area (Å²) in [6, 6.07) is 8.28. The number of benzene rings is 1. The Hall–Kier alpha value is -1.84. The third-order valence-electron chi connectivity index (χ3n) is 4.51. The van der Waals surface area contributed by atoms with Crippen LogP contribution in [0.2, 0.25) is 0 Å². The number of rotatable bonds is 2. The zero-order valence-corrected chi connectivity index (χ0v) is 12.7. The summed E-state index contributed by atoms with van der Waals surface area (Å²) >= 11 is 0. The highest BCUT2D eigenvalue weighted by molar-refractivity contribution is 5.99. The fourth-order valence-electron chi connectivity index (χ4n) is 3.38. The summed E-state index contributed by atoms with van der Waals surface area (Å²) < 4.78 is 0. The van der Waals surface area contributed by atoms with Gasteiger partial charge in [-0.15, -0.1) is 0 Å². The van der Waals surface area contributed by atoms with E-state index < -0.39 is 0 Å². The van der Waals surface area contributed by atoms with Crippen LogP contribution in [0.4, 0.5) is 5.69 Å². The van der Waals surface area contributed by atoms with Crippen LogP contribution in [0.15, 0.2) is 24.3 Å². The lowest BCUT2D eigenvalue weighted by Gasteiger charge is -2.31. The molecule has 1 fully saturated rings. The van der Waals surface area contributed by atoms with Gasteiger partial charge in [0.25, 0.3) is 0 Å². The molecule has 4 heteroatoms. The van der Waals surface area contributed by atoms with Gasteiger partial charge in [-0.2, -0.15) is 0 Å². The Morgan fingerprint density at radius 1 is 1.29 bits per heavy atom. The van der Waals surface area contributed by atoms with Crippen molar-refractivity contribution >= 4 is 17.5 Å². The van der Waals surface area contributed by atoms with Gasteiger partial charge in [0.05, 0.1) is 5.92 Å². The molecule has 4 nitrogen and oxygen atoms in total. The van der Waals surface area contributed by atoms with Crippen LogP contribution in [0.25, 0.3) is 0 Å². The van der Waals surface area contributed by atoms with Crippen molar-refractivity contribution in [2.45, 2.75) is 39.2 Å². The van der Waals surface area contributed by atoms with E-state index in [2.05, 4.69) is 6.07 Å². The summed E-state index contributed by atoms with van der Waals surface area (Å²) in [7, 11) is 0. The van der Waals surface area contributed by atoms with E-state index in [0.29, 0.717) is 13.0 Å². The number of para-hydroxylation sites is 1.